The highest BCUT2D eigenvalue weighted by Gasteiger charge is 2.15. The Kier molecular flexibility index (Phi) is 3.44. The minimum atomic E-state index is 0.0732. The average molecular weight is 281 g/mol. The molecule has 0 saturated heterocycles. The molecule has 0 aliphatic carbocycles. The standard InChI is InChI=1S/C13H13BrO2/c1-9-5-11(7-12(14)6-9)13(15)10-3-2-4-16-8-10/h5-8H,2-4H2,1H3. The van der Waals surface area contributed by atoms with Crippen molar-refractivity contribution in [2.45, 2.75) is 19.8 Å². The summed E-state index contributed by atoms with van der Waals surface area (Å²) in [5.74, 6) is 0.0732. The molecule has 2 rings (SSSR count). The number of ether oxygens (including phenoxy) is 1. The molecule has 3 heteroatoms. The largest absolute Gasteiger partial charge is 0.501 e. The molecule has 16 heavy (non-hydrogen) atoms. The lowest BCUT2D eigenvalue weighted by atomic mass is 9.99. The van der Waals surface area contributed by atoms with Crippen molar-refractivity contribution in [2.24, 2.45) is 0 Å². The van der Waals surface area contributed by atoms with Crippen molar-refractivity contribution in [2.75, 3.05) is 6.61 Å². The number of halogens is 1. The minimum Gasteiger partial charge on any atom is -0.501 e. The zero-order valence-electron chi connectivity index (χ0n) is 9.13. The van der Waals surface area contributed by atoms with Gasteiger partial charge in [-0.15, -0.1) is 0 Å². The topological polar surface area (TPSA) is 26.3 Å². The summed E-state index contributed by atoms with van der Waals surface area (Å²) in [5, 5.41) is 0. The zero-order valence-corrected chi connectivity index (χ0v) is 10.7. The predicted molar refractivity (Wildman–Crippen MR) is 66.5 cm³/mol. The molecule has 0 aromatic heterocycles. The molecule has 2 nitrogen and oxygen atoms in total. The molecule has 0 saturated carbocycles. The average Bonchev–Trinajstić information content (AvgIpc) is 2.28. The van der Waals surface area contributed by atoms with Crippen LogP contribution in [0.1, 0.15) is 28.8 Å². The number of carbonyl (C=O) groups is 1. The van der Waals surface area contributed by atoms with E-state index in [2.05, 4.69) is 15.9 Å². The second kappa shape index (κ2) is 4.83. The summed E-state index contributed by atoms with van der Waals surface area (Å²) >= 11 is 3.40. The van der Waals surface area contributed by atoms with Crippen LogP contribution in [0.2, 0.25) is 0 Å². The summed E-state index contributed by atoms with van der Waals surface area (Å²) in [6.45, 7) is 2.70. The fourth-order valence-electron chi connectivity index (χ4n) is 1.78. The van der Waals surface area contributed by atoms with E-state index in [0.29, 0.717) is 6.61 Å². The Morgan fingerprint density at radius 2 is 2.19 bits per heavy atom. The molecule has 1 heterocycles. The van der Waals surface area contributed by atoms with Gasteiger partial charge >= 0.3 is 0 Å². The normalized spacial score (nSPS) is 15.2. The molecule has 1 aromatic rings. The Hall–Kier alpha value is -1.09. The van der Waals surface area contributed by atoms with Gasteiger partial charge in [0, 0.05) is 15.6 Å². The Labute approximate surface area is 103 Å². The van der Waals surface area contributed by atoms with Crippen LogP contribution in [-0.2, 0) is 4.74 Å². The van der Waals surface area contributed by atoms with Crippen LogP contribution in [0.3, 0.4) is 0 Å². The van der Waals surface area contributed by atoms with E-state index in [1.807, 2.05) is 25.1 Å². The summed E-state index contributed by atoms with van der Waals surface area (Å²) < 4.78 is 6.13. The van der Waals surface area contributed by atoms with Crippen LogP contribution in [0.4, 0.5) is 0 Å². The molecule has 0 unspecified atom stereocenters. The fourth-order valence-corrected chi connectivity index (χ4v) is 2.39. The summed E-state index contributed by atoms with van der Waals surface area (Å²) in [5.41, 5.74) is 2.57. The van der Waals surface area contributed by atoms with Crippen LogP contribution in [0, 0.1) is 6.92 Å². The molecule has 0 amide bonds. The highest BCUT2D eigenvalue weighted by Crippen LogP contribution is 2.21. The van der Waals surface area contributed by atoms with Crippen LogP contribution >= 0.6 is 15.9 Å². The summed E-state index contributed by atoms with van der Waals surface area (Å²) in [6, 6.07) is 5.75. The number of aryl methyl sites for hydroxylation is 1. The maximum Gasteiger partial charge on any atom is 0.192 e. The molecule has 84 valence electrons. The van der Waals surface area contributed by atoms with Gasteiger partial charge in [0.2, 0.25) is 0 Å². The molecule has 0 fully saturated rings. The second-order valence-electron chi connectivity index (χ2n) is 3.96. The van der Waals surface area contributed by atoms with Crippen LogP contribution in [0.25, 0.3) is 0 Å². The van der Waals surface area contributed by atoms with Crippen molar-refractivity contribution in [3.05, 3.63) is 45.6 Å². The van der Waals surface area contributed by atoms with Crippen molar-refractivity contribution >= 4 is 21.7 Å². The van der Waals surface area contributed by atoms with E-state index in [0.717, 1.165) is 34.0 Å². The number of ketones is 1. The maximum absolute atomic E-state index is 12.1. The second-order valence-corrected chi connectivity index (χ2v) is 4.88. The van der Waals surface area contributed by atoms with Crippen molar-refractivity contribution < 1.29 is 9.53 Å². The van der Waals surface area contributed by atoms with Gasteiger partial charge in [-0.2, -0.15) is 0 Å². The molecule has 0 N–H and O–H groups in total. The van der Waals surface area contributed by atoms with Gasteiger partial charge in [-0.3, -0.25) is 4.79 Å². The maximum atomic E-state index is 12.1. The SMILES string of the molecule is Cc1cc(Br)cc(C(=O)C2=COCCC2)c1. The third-order valence-corrected chi connectivity index (χ3v) is 2.99. The van der Waals surface area contributed by atoms with E-state index in [-0.39, 0.29) is 5.78 Å². The number of hydrogen-bond acceptors (Lipinski definition) is 2. The number of benzene rings is 1. The lowest BCUT2D eigenvalue weighted by molar-refractivity contribution is 0.101. The molecular weight excluding hydrogens is 268 g/mol. The molecule has 0 bridgehead atoms. The number of hydrogen-bond donors (Lipinski definition) is 0. The van der Waals surface area contributed by atoms with Gasteiger partial charge in [-0.1, -0.05) is 15.9 Å². The number of Topliss-reactive ketones (excluding diaryl/α,β-unsaturated/α-hetero) is 1. The van der Waals surface area contributed by atoms with Crippen molar-refractivity contribution in [3.63, 3.8) is 0 Å². The fraction of sp³-hybridized carbons (Fsp3) is 0.308. The minimum absolute atomic E-state index is 0.0732. The zero-order chi connectivity index (χ0) is 11.5. The van der Waals surface area contributed by atoms with Gasteiger partial charge in [0.25, 0.3) is 0 Å². The summed E-state index contributed by atoms with van der Waals surface area (Å²) in [4.78, 5) is 12.1. The van der Waals surface area contributed by atoms with Gasteiger partial charge in [0.05, 0.1) is 12.9 Å². The monoisotopic (exact) mass is 280 g/mol. The first-order chi connectivity index (χ1) is 7.66. The van der Waals surface area contributed by atoms with E-state index < -0.39 is 0 Å². The van der Waals surface area contributed by atoms with Crippen molar-refractivity contribution in [1.29, 1.82) is 0 Å². The van der Waals surface area contributed by atoms with Gasteiger partial charge in [-0.25, -0.2) is 0 Å². The highest BCUT2D eigenvalue weighted by molar-refractivity contribution is 9.10. The van der Waals surface area contributed by atoms with Crippen molar-refractivity contribution in [3.8, 4) is 0 Å². The van der Waals surface area contributed by atoms with Crippen molar-refractivity contribution in [1.82, 2.24) is 0 Å². The highest BCUT2D eigenvalue weighted by atomic mass is 79.9. The van der Waals surface area contributed by atoms with Crippen LogP contribution in [0.15, 0.2) is 34.5 Å². The molecule has 0 spiro atoms. The lowest BCUT2D eigenvalue weighted by Crippen LogP contribution is -2.09. The van der Waals surface area contributed by atoms with E-state index in [4.69, 9.17) is 4.74 Å². The molecule has 0 atom stereocenters. The first kappa shape index (κ1) is 11.4. The van der Waals surface area contributed by atoms with Crippen LogP contribution in [0.5, 0.6) is 0 Å². The summed E-state index contributed by atoms with van der Waals surface area (Å²) in [7, 11) is 0. The molecule has 1 aliphatic heterocycles. The lowest BCUT2D eigenvalue weighted by Gasteiger charge is -2.13. The van der Waals surface area contributed by atoms with Gasteiger partial charge in [0.1, 0.15) is 0 Å². The Morgan fingerprint density at radius 3 is 2.81 bits per heavy atom. The molecular formula is C13H13BrO2. The molecule has 0 radical (unpaired) electrons. The number of carbonyl (C=O) groups excluding carboxylic acids is 1. The third kappa shape index (κ3) is 2.53. The smallest absolute Gasteiger partial charge is 0.192 e. The Bertz CT molecular complexity index is 429. The van der Waals surface area contributed by atoms with Crippen LogP contribution < -0.4 is 0 Å². The molecule has 1 aromatic carbocycles. The van der Waals surface area contributed by atoms with E-state index in [1.54, 1.807) is 6.26 Å². The van der Waals surface area contributed by atoms with Gasteiger partial charge < -0.3 is 4.74 Å². The quantitative estimate of drug-likeness (QED) is 0.774. The molecule has 1 aliphatic rings. The van der Waals surface area contributed by atoms with Crippen LogP contribution in [-0.4, -0.2) is 12.4 Å². The van der Waals surface area contributed by atoms with E-state index in [9.17, 15) is 4.79 Å². The number of rotatable bonds is 2. The Morgan fingerprint density at radius 1 is 1.38 bits per heavy atom. The predicted octanol–water partition coefficient (Wildman–Crippen LogP) is 3.63. The van der Waals surface area contributed by atoms with E-state index >= 15 is 0 Å². The van der Waals surface area contributed by atoms with Gasteiger partial charge in [-0.05, 0) is 43.5 Å². The summed E-state index contributed by atoms with van der Waals surface area (Å²) in [6.07, 6.45) is 3.33. The van der Waals surface area contributed by atoms with E-state index in [1.165, 1.54) is 0 Å². The Balaban J connectivity index is 2.29. The first-order valence-electron chi connectivity index (χ1n) is 5.29. The number of allylic oxidation sites excluding steroid dienone is 1. The third-order valence-electron chi connectivity index (χ3n) is 2.53. The first-order valence-corrected chi connectivity index (χ1v) is 6.08. The van der Waals surface area contributed by atoms with Gasteiger partial charge in [0.15, 0.2) is 5.78 Å².